The van der Waals surface area contributed by atoms with Gasteiger partial charge in [-0.25, -0.2) is 9.13 Å². The molecule has 0 aliphatic heterocycles. The van der Waals surface area contributed by atoms with Gasteiger partial charge in [0, 0.05) is 0 Å². The van der Waals surface area contributed by atoms with Crippen molar-refractivity contribution in [3.05, 3.63) is 40.9 Å². The van der Waals surface area contributed by atoms with E-state index in [0.717, 1.165) is 0 Å². The first-order valence-electron chi connectivity index (χ1n) is 3.19. The minimum absolute atomic E-state index is 0.310. The summed E-state index contributed by atoms with van der Waals surface area (Å²) in [4.78, 5) is 0. The lowest BCUT2D eigenvalue weighted by Crippen LogP contribution is -1.99. The van der Waals surface area contributed by atoms with E-state index >= 15 is 0 Å². The van der Waals surface area contributed by atoms with Gasteiger partial charge >= 0.3 is 0 Å². The molecule has 1 rings (SSSR count). The number of hydroxylamine groups is 1. The Kier molecular flexibility index (Phi) is 2.21. The maximum Gasteiger partial charge on any atom is 0.184 e. The number of halogens is 1. The van der Waals surface area contributed by atoms with E-state index in [0.29, 0.717) is 10.3 Å². The molecule has 11 heavy (non-hydrogen) atoms. The van der Waals surface area contributed by atoms with Crippen molar-refractivity contribution in [3.8, 4) is 0 Å². The van der Waals surface area contributed by atoms with Crippen LogP contribution in [0.3, 0.4) is 0 Å². The van der Waals surface area contributed by atoms with Gasteiger partial charge in [0.15, 0.2) is 6.21 Å². The van der Waals surface area contributed by atoms with Crippen molar-refractivity contribution >= 4 is 6.21 Å². The topological polar surface area (TPSA) is 26.1 Å². The van der Waals surface area contributed by atoms with E-state index in [-0.39, 0.29) is 5.82 Å². The van der Waals surface area contributed by atoms with E-state index in [1.807, 2.05) is 0 Å². The summed E-state index contributed by atoms with van der Waals surface area (Å²) in [5.41, 5.74) is 0.310. The highest BCUT2D eigenvalue weighted by molar-refractivity contribution is 5.75. The maximum absolute atomic E-state index is 12.8. The molecule has 0 heterocycles. The van der Waals surface area contributed by atoms with Gasteiger partial charge in [-0.2, -0.15) is 0 Å². The van der Waals surface area contributed by atoms with Crippen LogP contribution in [0.25, 0.3) is 0 Å². The number of hydrogen-bond acceptors (Lipinski definition) is 1. The molecule has 0 aliphatic rings. The van der Waals surface area contributed by atoms with Crippen molar-refractivity contribution in [3.63, 3.8) is 0 Å². The summed E-state index contributed by atoms with van der Waals surface area (Å²) in [7, 11) is 1.31. The molecule has 0 atom stereocenters. The van der Waals surface area contributed by atoms with Crippen molar-refractivity contribution in [1.82, 2.24) is 0 Å². The summed E-state index contributed by atoms with van der Waals surface area (Å²) in [5, 5.41) is 10.5. The van der Waals surface area contributed by atoms with Crippen molar-refractivity contribution in [2.75, 3.05) is 7.05 Å². The molecule has 0 spiro atoms. The Hall–Kier alpha value is -1.38. The summed E-state index contributed by atoms with van der Waals surface area (Å²) in [5.74, 6) is -0.379. The third-order valence-corrected chi connectivity index (χ3v) is 1.23. The summed E-state index contributed by atoms with van der Waals surface area (Å²) < 4.78 is 13.3. The molecule has 0 N–H and O–H groups in total. The fourth-order valence-corrected chi connectivity index (χ4v) is 0.776. The SMILES string of the molecule is C[N+]([O-])=Cc1ccccc1F. The highest BCUT2D eigenvalue weighted by Crippen LogP contribution is 2.02. The molecule has 0 amide bonds. The monoisotopic (exact) mass is 153 g/mol. The predicted octanol–water partition coefficient (Wildman–Crippen LogP) is 1.38. The summed E-state index contributed by atoms with van der Waals surface area (Å²) in [6, 6.07) is 6.12. The Morgan fingerprint density at radius 1 is 1.45 bits per heavy atom. The highest BCUT2D eigenvalue weighted by Gasteiger charge is 1.98. The molecular weight excluding hydrogens is 145 g/mol. The van der Waals surface area contributed by atoms with Gasteiger partial charge in [0.05, 0.1) is 5.56 Å². The molecule has 0 radical (unpaired) electrons. The molecule has 1 aromatic carbocycles. The number of rotatable bonds is 1. The first-order chi connectivity index (χ1) is 5.20. The molecule has 58 valence electrons. The molecule has 0 saturated heterocycles. The molecule has 2 nitrogen and oxygen atoms in total. The first kappa shape index (κ1) is 7.72. The Labute approximate surface area is 64.2 Å². The van der Waals surface area contributed by atoms with Crippen molar-refractivity contribution in [2.24, 2.45) is 0 Å². The zero-order valence-electron chi connectivity index (χ0n) is 6.12. The molecule has 3 heteroatoms. The van der Waals surface area contributed by atoms with Crippen LogP contribution in [0.15, 0.2) is 24.3 Å². The van der Waals surface area contributed by atoms with Gasteiger partial charge in [-0.3, -0.25) is 0 Å². The third kappa shape index (κ3) is 2.04. The lowest BCUT2D eigenvalue weighted by atomic mass is 10.2. The van der Waals surface area contributed by atoms with E-state index in [2.05, 4.69) is 0 Å². The van der Waals surface area contributed by atoms with Gasteiger partial charge in [-0.15, -0.1) is 0 Å². The summed E-state index contributed by atoms with van der Waals surface area (Å²) >= 11 is 0. The second-order valence-electron chi connectivity index (χ2n) is 2.20. The standard InChI is InChI=1S/C8H8FNO/c1-10(11)6-7-4-2-3-5-8(7)9/h2-6H,1H3. The second-order valence-corrected chi connectivity index (χ2v) is 2.20. The lowest BCUT2D eigenvalue weighted by molar-refractivity contribution is -0.416. The number of nitrogens with zero attached hydrogens (tertiary/aromatic N) is 1. The van der Waals surface area contributed by atoms with E-state index in [1.54, 1.807) is 18.2 Å². The smallest absolute Gasteiger partial charge is 0.184 e. The number of hydrogen-bond donors (Lipinski definition) is 0. The van der Waals surface area contributed by atoms with Gasteiger partial charge in [0.1, 0.15) is 12.9 Å². The van der Waals surface area contributed by atoms with E-state index in [9.17, 15) is 9.60 Å². The molecule has 0 saturated carbocycles. The average molecular weight is 153 g/mol. The van der Waals surface area contributed by atoms with Crippen molar-refractivity contribution in [2.45, 2.75) is 0 Å². The largest absolute Gasteiger partial charge is 0.624 e. The molecule has 0 aliphatic carbocycles. The zero-order chi connectivity index (χ0) is 8.27. The molecule has 0 aromatic heterocycles. The van der Waals surface area contributed by atoms with E-state index in [4.69, 9.17) is 0 Å². The van der Waals surface area contributed by atoms with Crippen molar-refractivity contribution < 1.29 is 9.13 Å². The predicted molar refractivity (Wildman–Crippen MR) is 41.1 cm³/mol. The average Bonchev–Trinajstić information content (AvgIpc) is 1.93. The second kappa shape index (κ2) is 3.14. The minimum atomic E-state index is -0.379. The van der Waals surface area contributed by atoms with Crippen LogP contribution in [0.5, 0.6) is 0 Å². The van der Waals surface area contributed by atoms with Crippen LogP contribution in [0, 0.1) is 11.0 Å². The Bertz CT molecular complexity index is 279. The van der Waals surface area contributed by atoms with Crippen LogP contribution in [-0.2, 0) is 0 Å². The summed E-state index contributed by atoms with van der Waals surface area (Å²) in [6.45, 7) is 0. The Morgan fingerprint density at radius 2 is 2.09 bits per heavy atom. The Morgan fingerprint density at radius 3 is 2.64 bits per heavy atom. The van der Waals surface area contributed by atoms with Crippen LogP contribution >= 0.6 is 0 Å². The summed E-state index contributed by atoms with van der Waals surface area (Å²) in [6.07, 6.45) is 1.19. The van der Waals surface area contributed by atoms with E-state index in [1.165, 1.54) is 19.3 Å². The number of benzene rings is 1. The van der Waals surface area contributed by atoms with Gasteiger partial charge < -0.3 is 5.21 Å². The van der Waals surface area contributed by atoms with Gasteiger partial charge in [-0.05, 0) is 12.1 Å². The molecule has 0 fully saturated rings. The van der Waals surface area contributed by atoms with Crippen molar-refractivity contribution in [1.29, 1.82) is 0 Å². The third-order valence-electron chi connectivity index (χ3n) is 1.23. The fraction of sp³-hybridized carbons (Fsp3) is 0.125. The lowest BCUT2D eigenvalue weighted by Gasteiger charge is -1.95. The quantitative estimate of drug-likeness (QED) is 0.259. The molecule has 0 unspecified atom stereocenters. The normalized spacial score (nSPS) is 11.6. The highest BCUT2D eigenvalue weighted by atomic mass is 19.1. The molecule has 0 bridgehead atoms. The van der Waals surface area contributed by atoms with Gasteiger partial charge in [-0.1, -0.05) is 12.1 Å². The maximum atomic E-state index is 12.8. The van der Waals surface area contributed by atoms with Crippen LogP contribution in [-0.4, -0.2) is 18.0 Å². The Balaban J connectivity index is 3.04. The minimum Gasteiger partial charge on any atom is -0.624 e. The van der Waals surface area contributed by atoms with Crippen LogP contribution < -0.4 is 0 Å². The molecule has 1 aromatic rings. The zero-order valence-corrected chi connectivity index (χ0v) is 6.12. The molecular formula is C8H8FNO. The van der Waals surface area contributed by atoms with Crippen LogP contribution in [0.4, 0.5) is 4.39 Å². The van der Waals surface area contributed by atoms with E-state index < -0.39 is 0 Å². The fourth-order valence-electron chi connectivity index (χ4n) is 0.776. The van der Waals surface area contributed by atoms with Gasteiger partial charge in [0.25, 0.3) is 0 Å². The van der Waals surface area contributed by atoms with Crippen LogP contribution in [0.1, 0.15) is 5.56 Å². The van der Waals surface area contributed by atoms with Gasteiger partial charge in [0.2, 0.25) is 0 Å². The first-order valence-corrected chi connectivity index (χ1v) is 3.19. The van der Waals surface area contributed by atoms with Crippen LogP contribution in [0.2, 0.25) is 0 Å².